The molecule has 9 heteroatoms. The van der Waals surface area contributed by atoms with Crippen molar-refractivity contribution in [3.05, 3.63) is 183 Å². The lowest BCUT2D eigenvalue weighted by Crippen LogP contribution is -2.06. The van der Waals surface area contributed by atoms with Gasteiger partial charge in [-0.05, 0) is 23.3 Å². The zero-order valence-electron chi connectivity index (χ0n) is 31.2. The lowest BCUT2D eigenvalue weighted by atomic mass is 10.0. The maximum Gasteiger partial charge on any atom is 0.310 e. The van der Waals surface area contributed by atoms with E-state index in [1.807, 2.05) is 106 Å². The minimum Gasteiger partial charge on any atom is -0.424 e. The van der Waals surface area contributed by atoms with Crippen LogP contribution < -0.4 is 4.74 Å². The predicted octanol–water partition coefficient (Wildman–Crippen LogP) is 11.9. The van der Waals surface area contributed by atoms with Gasteiger partial charge in [-0.3, -0.25) is 9.13 Å². The zero-order chi connectivity index (χ0) is 38.3. The number of nitrogens with zero attached hydrogens (tertiary/aromatic N) is 6. The Morgan fingerprint density at radius 1 is 0.439 bits per heavy atom. The first-order chi connectivity index (χ1) is 28.1. The van der Waals surface area contributed by atoms with E-state index in [-0.39, 0.29) is 11.9 Å². The monoisotopic (exact) mass is 744 g/mol. The SMILES string of the molecule is Cn1ccnc1-n1cc(Oc2cn(-c3nccn3C)c3c(-c4ccccc4)cccc3c3ccccc3o2)oc2ccccc2c2cccc(-c3ccccc3)c21. The first-order valence-electron chi connectivity index (χ1n) is 18.7. The lowest BCUT2D eigenvalue weighted by Gasteiger charge is -2.17. The molecule has 57 heavy (non-hydrogen) atoms. The number of hydrogen-bond donors (Lipinski definition) is 0. The number of para-hydroxylation sites is 4. The van der Waals surface area contributed by atoms with Gasteiger partial charge in [0.2, 0.25) is 11.9 Å². The molecule has 9 nitrogen and oxygen atoms in total. The molecule has 0 radical (unpaired) electrons. The summed E-state index contributed by atoms with van der Waals surface area (Å²) in [6.07, 6.45) is 11.1. The average molecular weight is 745 g/mol. The van der Waals surface area contributed by atoms with Crippen LogP contribution in [0, 0.1) is 0 Å². The number of aromatic nitrogens is 6. The molecule has 10 aromatic rings. The second-order valence-corrected chi connectivity index (χ2v) is 13.7. The fourth-order valence-corrected chi connectivity index (χ4v) is 7.60. The summed E-state index contributed by atoms with van der Waals surface area (Å²) in [6.45, 7) is 0. The summed E-state index contributed by atoms with van der Waals surface area (Å²) in [5.74, 6) is 1.66. The van der Waals surface area contributed by atoms with Gasteiger partial charge in [-0.1, -0.05) is 133 Å². The van der Waals surface area contributed by atoms with Gasteiger partial charge in [0, 0.05) is 71.6 Å². The number of ether oxygens (including phenoxy) is 1. The van der Waals surface area contributed by atoms with E-state index in [4.69, 9.17) is 23.5 Å². The molecule has 0 saturated carbocycles. The molecule has 4 aromatic heterocycles. The van der Waals surface area contributed by atoms with Gasteiger partial charge in [0.05, 0.1) is 23.4 Å². The predicted molar refractivity (Wildman–Crippen MR) is 226 cm³/mol. The van der Waals surface area contributed by atoms with Crippen LogP contribution in [0.2, 0.25) is 0 Å². The third-order valence-electron chi connectivity index (χ3n) is 10.2. The summed E-state index contributed by atoms with van der Waals surface area (Å²) in [6, 6.07) is 49.4. The number of rotatable bonds is 6. The van der Waals surface area contributed by atoms with Crippen molar-refractivity contribution in [2.75, 3.05) is 0 Å². The van der Waals surface area contributed by atoms with Crippen LogP contribution in [0.15, 0.2) is 192 Å². The molecule has 0 aliphatic heterocycles. The Balaban J connectivity index is 1.33. The number of hydrogen-bond acceptors (Lipinski definition) is 5. The van der Waals surface area contributed by atoms with Crippen molar-refractivity contribution in [2.45, 2.75) is 0 Å². The largest absolute Gasteiger partial charge is 0.424 e. The third kappa shape index (κ3) is 6.07. The van der Waals surface area contributed by atoms with Crippen LogP contribution >= 0.6 is 0 Å². The highest BCUT2D eigenvalue weighted by Gasteiger charge is 2.18. The molecule has 10 rings (SSSR count). The van der Waals surface area contributed by atoms with Crippen LogP contribution in [-0.2, 0) is 14.1 Å². The van der Waals surface area contributed by atoms with Gasteiger partial charge in [-0.25, -0.2) is 9.97 Å². The highest BCUT2D eigenvalue weighted by molar-refractivity contribution is 6.09. The van der Waals surface area contributed by atoms with Crippen molar-refractivity contribution in [1.82, 2.24) is 28.2 Å². The van der Waals surface area contributed by atoms with Crippen LogP contribution in [0.25, 0.3) is 77.9 Å². The highest BCUT2D eigenvalue weighted by Crippen LogP contribution is 2.38. The van der Waals surface area contributed by atoms with Crippen LogP contribution in [-0.4, -0.2) is 28.2 Å². The highest BCUT2D eigenvalue weighted by atomic mass is 16.6. The summed E-state index contributed by atoms with van der Waals surface area (Å²) in [7, 11) is 3.94. The minimum absolute atomic E-state index is 0.166. The van der Waals surface area contributed by atoms with Gasteiger partial charge >= 0.3 is 11.9 Å². The molecule has 276 valence electrons. The summed E-state index contributed by atoms with van der Waals surface area (Å²) in [5, 5.41) is 3.75. The number of aryl methyl sites for hydroxylation is 2. The van der Waals surface area contributed by atoms with Crippen LogP contribution in [0.5, 0.6) is 11.9 Å². The smallest absolute Gasteiger partial charge is 0.310 e. The molecule has 0 unspecified atom stereocenters. The summed E-state index contributed by atoms with van der Waals surface area (Å²) in [4.78, 5) is 9.65. The second kappa shape index (κ2) is 14.1. The molecule has 0 saturated heterocycles. The van der Waals surface area contributed by atoms with Gasteiger partial charge in [-0.15, -0.1) is 0 Å². The Hall–Kier alpha value is -7.78. The Labute approximate surface area is 327 Å². The van der Waals surface area contributed by atoms with E-state index in [0.29, 0.717) is 23.1 Å². The van der Waals surface area contributed by atoms with E-state index in [1.54, 1.807) is 12.4 Å². The van der Waals surface area contributed by atoms with Crippen molar-refractivity contribution in [3.8, 4) is 46.0 Å². The number of imidazole rings is 2. The first-order valence-corrected chi connectivity index (χ1v) is 18.7. The van der Waals surface area contributed by atoms with E-state index in [9.17, 15) is 0 Å². The number of benzene rings is 6. The van der Waals surface area contributed by atoms with E-state index >= 15 is 0 Å². The van der Waals surface area contributed by atoms with Crippen molar-refractivity contribution < 1.29 is 13.6 Å². The van der Waals surface area contributed by atoms with E-state index < -0.39 is 0 Å². The van der Waals surface area contributed by atoms with Gasteiger partial charge in [0.1, 0.15) is 11.2 Å². The number of fused-ring (bicyclic) bond motifs is 6. The zero-order valence-corrected chi connectivity index (χ0v) is 31.2. The van der Waals surface area contributed by atoms with Crippen molar-refractivity contribution in [1.29, 1.82) is 0 Å². The first kappa shape index (κ1) is 33.8. The van der Waals surface area contributed by atoms with E-state index in [0.717, 1.165) is 54.8 Å². The average Bonchev–Trinajstić information content (AvgIpc) is 3.88. The second-order valence-electron chi connectivity index (χ2n) is 13.7. The Bertz CT molecular complexity index is 2980. The Morgan fingerprint density at radius 3 is 1.26 bits per heavy atom. The molecule has 0 N–H and O–H groups in total. The quantitative estimate of drug-likeness (QED) is 0.169. The summed E-state index contributed by atoms with van der Waals surface area (Å²) >= 11 is 0. The fraction of sp³-hybridized carbons (Fsp3) is 0.0417. The summed E-state index contributed by atoms with van der Waals surface area (Å²) < 4.78 is 28.5. The topological polar surface area (TPSA) is 81.0 Å². The van der Waals surface area contributed by atoms with Crippen LogP contribution in [0.1, 0.15) is 0 Å². The molecule has 0 fully saturated rings. The molecular weight excluding hydrogens is 709 g/mol. The van der Waals surface area contributed by atoms with Gasteiger partial charge in [0.15, 0.2) is 0 Å². The Kier molecular flexibility index (Phi) is 8.37. The van der Waals surface area contributed by atoms with Gasteiger partial charge in [0.25, 0.3) is 0 Å². The minimum atomic E-state index is 0.166. The van der Waals surface area contributed by atoms with Crippen LogP contribution in [0.3, 0.4) is 0 Å². The van der Waals surface area contributed by atoms with E-state index in [1.165, 1.54) is 0 Å². The molecule has 0 spiro atoms. The molecule has 0 aliphatic carbocycles. The standard InChI is InChI=1S/C48H36N6O3/c1-51-29-27-49-47(51)53-31-43(55-41-25-11-9-19-37(41)39-23-13-21-35(45(39)53)33-15-5-3-6-16-33)57-44-32-54(48-50-28-30-52(48)2)46-36(34-17-7-4-8-18-34)22-14-24-40(46)38-20-10-12-26-42(38)56-44/h3-32H,1-2H3. The van der Waals surface area contributed by atoms with Crippen molar-refractivity contribution in [3.63, 3.8) is 0 Å². The molecule has 0 atom stereocenters. The van der Waals surface area contributed by atoms with Gasteiger partial charge in [-0.2, -0.15) is 0 Å². The molecule has 6 aromatic carbocycles. The molecule has 0 bridgehead atoms. The maximum absolute atomic E-state index is 6.90. The van der Waals surface area contributed by atoms with Crippen LogP contribution in [0.4, 0.5) is 0 Å². The molecule has 0 aliphatic rings. The van der Waals surface area contributed by atoms with Crippen molar-refractivity contribution >= 4 is 43.7 Å². The normalized spacial score (nSPS) is 11.3. The lowest BCUT2D eigenvalue weighted by molar-refractivity contribution is 0.284. The van der Waals surface area contributed by atoms with Crippen molar-refractivity contribution in [2.24, 2.45) is 14.1 Å². The summed E-state index contributed by atoms with van der Waals surface area (Å²) in [5.41, 5.74) is 7.25. The molecule has 0 amide bonds. The third-order valence-corrected chi connectivity index (χ3v) is 10.2. The maximum atomic E-state index is 6.90. The van der Waals surface area contributed by atoms with Gasteiger partial charge < -0.3 is 22.7 Å². The molecular formula is C48H36N6O3. The van der Waals surface area contributed by atoms with E-state index in [2.05, 4.69) is 97.1 Å². The Morgan fingerprint density at radius 2 is 0.842 bits per heavy atom. The molecule has 4 heterocycles. The fourth-order valence-electron chi connectivity index (χ4n) is 7.60.